The molecule has 1 aliphatic rings. The fraction of sp³-hybridized carbons (Fsp3) is 0.625. The largest absolute Gasteiger partial charge is 0.310 e. The summed E-state index contributed by atoms with van der Waals surface area (Å²) >= 11 is 0. The predicted molar refractivity (Wildman–Crippen MR) is 79.1 cm³/mol. The Hall–Kier alpha value is -1.22. The number of nitrogens with one attached hydrogen (secondary N) is 1. The summed E-state index contributed by atoms with van der Waals surface area (Å²) in [4.78, 5) is 0. The lowest BCUT2D eigenvalue weighted by atomic mass is 9.93. The van der Waals surface area contributed by atoms with E-state index in [-0.39, 0.29) is 0 Å². The van der Waals surface area contributed by atoms with Gasteiger partial charge in [0.1, 0.15) is 0 Å². The third-order valence-corrected chi connectivity index (χ3v) is 3.91. The predicted octanol–water partition coefficient (Wildman–Crippen LogP) is 3.50. The van der Waals surface area contributed by atoms with E-state index in [1.807, 2.05) is 14.0 Å². The van der Waals surface area contributed by atoms with E-state index in [2.05, 4.69) is 34.6 Å². The molecular formula is C16H25N3. The summed E-state index contributed by atoms with van der Waals surface area (Å²) in [6.45, 7) is 4.17. The van der Waals surface area contributed by atoms with Crippen LogP contribution in [-0.4, -0.2) is 17.2 Å². The van der Waals surface area contributed by atoms with E-state index >= 15 is 0 Å². The normalized spacial score (nSPS) is 17.7. The molecule has 0 saturated heterocycles. The summed E-state index contributed by atoms with van der Waals surface area (Å²) in [6, 6.07) is 2.50. The quantitative estimate of drug-likeness (QED) is 0.841. The zero-order valence-corrected chi connectivity index (χ0v) is 12.4. The van der Waals surface area contributed by atoms with E-state index < -0.39 is 0 Å². The second-order valence-corrected chi connectivity index (χ2v) is 5.34. The van der Waals surface area contributed by atoms with Gasteiger partial charge in [-0.2, -0.15) is 10.2 Å². The van der Waals surface area contributed by atoms with Crippen LogP contribution in [0.2, 0.25) is 0 Å². The van der Waals surface area contributed by atoms with Crippen LogP contribution >= 0.6 is 0 Å². The Morgan fingerprint density at radius 1 is 1.26 bits per heavy atom. The average Bonchev–Trinajstić information content (AvgIpc) is 2.69. The van der Waals surface area contributed by atoms with E-state index in [1.165, 1.54) is 43.2 Å². The van der Waals surface area contributed by atoms with Gasteiger partial charge in [-0.25, -0.2) is 0 Å². The first-order valence-electron chi connectivity index (χ1n) is 7.45. The molecule has 3 heteroatoms. The lowest BCUT2D eigenvalue weighted by molar-refractivity contribution is 0.616. The maximum atomic E-state index is 4.37. The van der Waals surface area contributed by atoms with Crippen molar-refractivity contribution >= 4 is 0 Å². The zero-order chi connectivity index (χ0) is 13.7. The van der Waals surface area contributed by atoms with Gasteiger partial charge >= 0.3 is 0 Å². The molecule has 0 amide bonds. The van der Waals surface area contributed by atoms with Crippen LogP contribution in [0.1, 0.15) is 62.0 Å². The molecule has 1 aromatic rings. The second-order valence-electron chi connectivity index (χ2n) is 5.34. The first-order chi connectivity index (χ1) is 9.26. The molecular weight excluding hydrogens is 234 g/mol. The van der Waals surface area contributed by atoms with Crippen molar-refractivity contribution in [3.8, 4) is 0 Å². The van der Waals surface area contributed by atoms with E-state index in [0.29, 0.717) is 6.04 Å². The molecule has 19 heavy (non-hydrogen) atoms. The van der Waals surface area contributed by atoms with Gasteiger partial charge in [0.2, 0.25) is 0 Å². The van der Waals surface area contributed by atoms with Crippen LogP contribution < -0.4 is 5.32 Å². The monoisotopic (exact) mass is 259 g/mol. The topological polar surface area (TPSA) is 37.8 Å². The molecule has 1 unspecified atom stereocenters. The van der Waals surface area contributed by atoms with Crippen molar-refractivity contribution in [3.05, 3.63) is 34.7 Å². The van der Waals surface area contributed by atoms with E-state index in [1.54, 1.807) is 0 Å². The molecule has 1 aromatic heterocycles. The number of aromatic nitrogens is 2. The van der Waals surface area contributed by atoms with Gasteiger partial charge in [0, 0.05) is 0 Å². The Bertz CT molecular complexity index is 451. The fourth-order valence-electron chi connectivity index (χ4n) is 2.90. The van der Waals surface area contributed by atoms with Gasteiger partial charge in [0.15, 0.2) is 0 Å². The molecule has 0 saturated carbocycles. The fourth-order valence-corrected chi connectivity index (χ4v) is 2.90. The van der Waals surface area contributed by atoms with Crippen molar-refractivity contribution in [3.63, 3.8) is 0 Å². The summed E-state index contributed by atoms with van der Waals surface area (Å²) in [5.74, 6) is 0. The number of nitrogens with zero attached hydrogens (tertiary/aromatic N) is 2. The van der Waals surface area contributed by atoms with E-state index in [9.17, 15) is 0 Å². The number of rotatable bonds is 4. The Labute approximate surface area is 116 Å². The zero-order valence-electron chi connectivity index (χ0n) is 12.4. The van der Waals surface area contributed by atoms with Crippen LogP contribution in [-0.2, 0) is 6.42 Å². The molecule has 104 valence electrons. The van der Waals surface area contributed by atoms with Gasteiger partial charge in [0.25, 0.3) is 0 Å². The molecule has 3 nitrogen and oxygen atoms in total. The van der Waals surface area contributed by atoms with Crippen LogP contribution in [0.4, 0.5) is 0 Å². The SMILES string of the molecule is CCc1nnc(C)cc1C(NC)C1=CCCCCC1. The lowest BCUT2D eigenvalue weighted by Gasteiger charge is -2.22. The Kier molecular flexibility index (Phi) is 5.08. The van der Waals surface area contributed by atoms with E-state index in [4.69, 9.17) is 0 Å². The lowest BCUT2D eigenvalue weighted by Crippen LogP contribution is -2.21. The van der Waals surface area contributed by atoms with Gasteiger partial charge in [-0.15, -0.1) is 0 Å². The molecule has 1 N–H and O–H groups in total. The van der Waals surface area contributed by atoms with Gasteiger partial charge in [0.05, 0.1) is 17.4 Å². The molecule has 2 rings (SSSR count). The minimum absolute atomic E-state index is 0.308. The minimum Gasteiger partial charge on any atom is -0.310 e. The van der Waals surface area contributed by atoms with Crippen molar-refractivity contribution in [2.24, 2.45) is 0 Å². The summed E-state index contributed by atoms with van der Waals surface area (Å²) in [6.07, 6.45) is 9.78. The maximum absolute atomic E-state index is 4.37. The highest BCUT2D eigenvalue weighted by molar-refractivity contribution is 5.32. The third-order valence-electron chi connectivity index (χ3n) is 3.91. The van der Waals surface area contributed by atoms with Crippen LogP contribution in [0.3, 0.4) is 0 Å². The van der Waals surface area contributed by atoms with Crippen molar-refractivity contribution in [1.82, 2.24) is 15.5 Å². The Morgan fingerprint density at radius 3 is 2.84 bits per heavy atom. The molecule has 0 aliphatic heterocycles. The number of allylic oxidation sites excluding steroid dienone is 1. The molecule has 0 aromatic carbocycles. The summed E-state index contributed by atoms with van der Waals surface area (Å²) in [7, 11) is 2.05. The van der Waals surface area contributed by atoms with Crippen LogP contribution in [0, 0.1) is 6.92 Å². The van der Waals surface area contributed by atoms with Crippen molar-refractivity contribution in [1.29, 1.82) is 0 Å². The van der Waals surface area contributed by atoms with Crippen molar-refractivity contribution in [2.75, 3.05) is 7.05 Å². The van der Waals surface area contributed by atoms with Crippen LogP contribution in [0.25, 0.3) is 0 Å². The number of hydrogen-bond acceptors (Lipinski definition) is 3. The molecule has 1 atom stereocenters. The average molecular weight is 259 g/mol. The summed E-state index contributed by atoms with van der Waals surface area (Å²) < 4.78 is 0. The highest BCUT2D eigenvalue weighted by Gasteiger charge is 2.19. The summed E-state index contributed by atoms with van der Waals surface area (Å²) in [5, 5.41) is 12.0. The molecule has 1 aliphatic carbocycles. The Balaban J connectivity index is 2.35. The van der Waals surface area contributed by atoms with Gasteiger partial charge in [-0.1, -0.05) is 25.0 Å². The van der Waals surface area contributed by atoms with Crippen molar-refractivity contribution in [2.45, 2.75) is 58.4 Å². The summed E-state index contributed by atoms with van der Waals surface area (Å²) in [5.41, 5.74) is 4.96. The van der Waals surface area contributed by atoms with Gasteiger partial charge in [-0.3, -0.25) is 0 Å². The molecule has 0 bridgehead atoms. The van der Waals surface area contributed by atoms with Crippen LogP contribution in [0.15, 0.2) is 17.7 Å². The third kappa shape index (κ3) is 3.41. The smallest absolute Gasteiger partial charge is 0.0679 e. The molecule has 0 fully saturated rings. The number of hydrogen-bond donors (Lipinski definition) is 1. The highest BCUT2D eigenvalue weighted by atomic mass is 15.1. The highest BCUT2D eigenvalue weighted by Crippen LogP contribution is 2.30. The van der Waals surface area contributed by atoms with Crippen molar-refractivity contribution < 1.29 is 0 Å². The van der Waals surface area contributed by atoms with Crippen LogP contribution in [0.5, 0.6) is 0 Å². The molecule has 0 spiro atoms. The second kappa shape index (κ2) is 6.80. The maximum Gasteiger partial charge on any atom is 0.0679 e. The first-order valence-corrected chi connectivity index (χ1v) is 7.45. The molecule has 1 heterocycles. The first kappa shape index (κ1) is 14.2. The number of aryl methyl sites for hydroxylation is 2. The standard InChI is InChI=1S/C16H25N3/c1-4-15-14(11-12(2)18-19-15)16(17-3)13-9-7-5-6-8-10-13/h9,11,16-17H,4-8,10H2,1-3H3. The molecule has 0 radical (unpaired) electrons. The van der Waals surface area contributed by atoms with Gasteiger partial charge < -0.3 is 5.32 Å². The Morgan fingerprint density at radius 2 is 2.11 bits per heavy atom. The van der Waals surface area contributed by atoms with E-state index in [0.717, 1.165) is 17.8 Å². The minimum atomic E-state index is 0.308. The van der Waals surface area contributed by atoms with Gasteiger partial charge in [-0.05, 0) is 57.7 Å². The number of likely N-dealkylation sites (N-methyl/N-ethyl adjacent to an activating group) is 1.